The Labute approximate surface area is 181 Å². The lowest BCUT2D eigenvalue weighted by molar-refractivity contribution is -0.000627. The van der Waals surface area contributed by atoms with Crippen LogP contribution in [0.3, 0.4) is 0 Å². The molecule has 0 bridgehead atoms. The summed E-state index contributed by atoms with van der Waals surface area (Å²) in [4.78, 5) is 16.1. The molecule has 0 aliphatic carbocycles. The van der Waals surface area contributed by atoms with Crippen LogP contribution in [0.15, 0.2) is 18.6 Å². The molecule has 1 unspecified atom stereocenters. The van der Waals surface area contributed by atoms with Crippen molar-refractivity contribution in [1.82, 2.24) is 29.5 Å². The first-order chi connectivity index (χ1) is 15.0. The third-order valence-electron chi connectivity index (χ3n) is 6.82. The summed E-state index contributed by atoms with van der Waals surface area (Å²) in [7, 11) is 1.86. The summed E-state index contributed by atoms with van der Waals surface area (Å²) in [5.41, 5.74) is 1.65. The van der Waals surface area contributed by atoms with E-state index in [9.17, 15) is 9.65 Å². The van der Waals surface area contributed by atoms with Crippen LogP contribution in [0.2, 0.25) is 0 Å². The van der Waals surface area contributed by atoms with E-state index in [2.05, 4.69) is 36.2 Å². The number of fused-ring (bicyclic) bond motifs is 1. The van der Waals surface area contributed by atoms with Gasteiger partial charge in [-0.25, -0.2) is 9.37 Å². The van der Waals surface area contributed by atoms with E-state index in [-0.39, 0.29) is 11.6 Å². The van der Waals surface area contributed by atoms with Crippen molar-refractivity contribution >= 4 is 17.5 Å². The number of rotatable bonds is 5. The number of hydrogen-bond donors (Lipinski definition) is 1. The summed E-state index contributed by atoms with van der Waals surface area (Å²) in [6, 6.07) is 2.67. The number of halogens is 1. The number of alkyl halides is 1. The average molecular weight is 426 g/mol. The molecule has 3 aliphatic heterocycles. The highest BCUT2D eigenvalue weighted by molar-refractivity contribution is 5.57. The fourth-order valence-electron chi connectivity index (χ4n) is 5.22. The number of piperazine rings is 1. The molecule has 1 N–H and O–H groups in total. The number of nitriles is 1. The first-order valence-corrected chi connectivity index (χ1v) is 10.8. The Morgan fingerprint density at radius 1 is 1.29 bits per heavy atom. The van der Waals surface area contributed by atoms with Crippen LogP contribution in [0.5, 0.6) is 0 Å². The number of nitrogens with one attached hydrogen (secondary N) is 1. The van der Waals surface area contributed by atoms with E-state index >= 15 is 0 Å². The average Bonchev–Trinajstić information content (AvgIpc) is 3.29. The predicted octanol–water partition coefficient (Wildman–Crippen LogP) is 1.46. The van der Waals surface area contributed by atoms with Crippen LogP contribution in [0.4, 0.5) is 21.8 Å². The third kappa shape index (κ3) is 3.72. The Morgan fingerprint density at radius 3 is 2.87 bits per heavy atom. The summed E-state index contributed by atoms with van der Waals surface area (Å²) in [5.74, 6) is 1.42. The molecule has 9 nitrogen and oxygen atoms in total. The van der Waals surface area contributed by atoms with Crippen molar-refractivity contribution in [3.63, 3.8) is 0 Å². The molecule has 0 aromatic carbocycles. The number of aromatic nitrogens is 4. The smallest absolute Gasteiger partial charge is 0.229 e. The maximum Gasteiger partial charge on any atom is 0.229 e. The molecule has 3 fully saturated rings. The van der Waals surface area contributed by atoms with Crippen molar-refractivity contribution in [2.24, 2.45) is 7.05 Å². The topological polar surface area (TPSA) is 89.1 Å². The highest BCUT2D eigenvalue weighted by Crippen LogP contribution is 2.38. The molecule has 10 heteroatoms. The van der Waals surface area contributed by atoms with Gasteiger partial charge in [-0.1, -0.05) is 0 Å². The molecular weight excluding hydrogens is 397 g/mol. The van der Waals surface area contributed by atoms with Crippen LogP contribution < -0.4 is 10.2 Å². The van der Waals surface area contributed by atoms with Crippen LogP contribution in [0, 0.1) is 18.3 Å². The van der Waals surface area contributed by atoms with Crippen molar-refractivity contribution in [3.8, 4) is 6.07 Å². The second kappa shape index (κ2) is 7.73. The minimum Gasteiger partial charge on any atom is -0.352 e. The van der Waals surface area contributed by atoms with Crippen LogP contribution in [0.25, 0.3) is 0 Å². The van der Waals surface area contributed by atoms with Gasteiger partial charge in [-0.15, -0.1) is 0 Å². The van der Waals surface area contributed by atoms with Crippen LogP contribution >= 0.6 is 0 Å². The molecule has 164 valence electrons. The highest BCUT2D eigenvalue weighted by Gasteiger charge is 2.51. The first kappa shape index (κ1) is 20.2. The van der Waals surface area contributed by atoms with Gasteiger partial charge >= 0.3 is 0 Å². The molecule has 5 heterocycles. The second-order valence-corrected chi connectivity index (χ2v) is 9.07. The minimum absolute atomic E-state index is 0.191. The molecule has 3 saturated heterocycles. The third-order valence-corrected chi connectivity index (χ3v) is 6.82. The van der Waals surface area contributed by atoms with Crippen LogP contribution in [-0.2, 0) is 7.05 Å². The summed E-state index contributed by atoms with van der Waals surface area (Å²) >= 11 is 0. The van der Waals surface area contributed by atoms with Gasteiger partial charge in [-0.2, -0.15) is 15.3 Å². The van der Waals surface area contributed by atoms with Gasteiger partial charge in [0.1, 0.15) is 12.0 Å². The van der Waals surface area contributed by atoms with E-state index in [0.717, 1.165) is 49.8 Å². The molecule has 3 aliphatic rings. The monoisotopic (exact) mass is 425 g/mol. The normalized spacial score (nSPS) is 25.7. The molecule has 0 spiro atoms. The molecule has 0 radical (unpaired) electrons. The van der Waals surface area contributed by atoms with E-state index in [4.69, 9.17) is 4.98 Å². The Balaban J connectivity index is 1.30. The van der Waals surface area contributed by atoms with Crippen molar-refractivity contribution in [2.75, 3.05) is 49.5 Å². The van der Waals surface area contributed by atoms with Crippen molar-refractivity contribution in [2.45, 2.75) is 37.5 Å². The fourth-order valence-corrected chi connectivity index (χ4v) is 5.22. The van der Waals surface area contributed by atoms with E-state index in [0.29, 0.717) is 25.3 Å². The largest absolute Gasteiger partial charge is 0.352 e. The van der Waals surface area contributed by atoms with Gasteiger partial charge < -0.3 is 10.2 Å². The highest BCUT2D eigenvalue weighted by atomic mass is 19.1. The maximum atomic E-state index is 13.9. The summed E-state index contributed by atoms with van der Waals surface area (Å²) in [5, 5.41) is 16.9. The standard InChI is InChI=1S/C21H28FN9/c1-15-8-24-20(26-17-9-25-28(2)11-17)27-19(15)30-13-21(14-30,3-4-23)31-6-5-29-10-16(22)7-18(29)12-31/h8-9,11,16,18H,3,5-7,10,12-14H2,1-2H3,(H,24,26,27)/t16?,18-/m0/s1. The molecule has 0 amide bonds. The lowest BCUT2D eigenvalue weighted by Gasteiger charge is -2.58. The summed E-state index contributed by atoms with van der Waals surface area (Å²) in [6.07, 6.45) is 5.79. The first-order valence-electron chi connectivity index (χ1n) is 10.8. The lowest BCUT2D eigenvalue weighted by Crippen LogP contribution is -2.73. The molecular formula is C21H28FN9. The van der Waals surface area contributed by atoms with Gasteiger partial charge in [0.2, 0.25) is 5.95 Å². The van der Waals surface area contributed by atoms with E-state index < -0.39 is 6.17 Å². The maximum absolute atomic E-state index is 13.9. The van der Waals surface area contributed by atoms with Gasteiger partial charge in [0.25, 0.3) is 0 Å². The van der Waals surface area contributed by atoms with Gasteiger partial charge in [0.05, 0.1) is 29.9 Å². The van der Waals surface area contributed by atoms with Crippen LogP contribution in [0.1, 0.15) is 18.4 Å². The number of hydrogen-bond acceptors (Lipinski definition) is 8. The van der Waals surface area contributed by atoms with E-state index in [1.165, 1.54) is 0 Å². The van der Waals surface area contributed by atoms with Gasteiger partial charge in [-0.05, 0) is 13.3 Å². The quantitative estimate of drug-likeness (QED) is 0.770. The van der Waals surface area contributed by atoms with Crippen molar-refractivity contribution in [3.05, 3.63) is 24.2 Å². The Kier molecular flexibility index (Phi) is 5.02. The Hall–Kier alpha value is -2.77. The van der Waals surface area contributed by atoms with Crippen LogP contribution in [-0.4, -0.2) is 86.6 Å². The van der Waals surface area contributed by atoms with Crippen molar-refractivity contribution < 1.29 is 4.39 Å². The molecule has 2 atom stereocenters. The zero-order valence-electron chi connectivity index (χ0n) is 18.0. The number of anilines is 3. The molecule has 5 rings (SSSR count). The summed E-state index contributed by atoms with van der Waals surface area (Å²) < 4.78 is 15.6. The van der Waals surface area contributed by atoms with Gasteiger partial charge in [0, 0.05) is 70.3 Å². The number of nitrogens with zero attached hydrogens (tertiary/aromatic N) is 8. The molecule has 0 saturated carbocycles. The number of aryl methyl sites for hydroxylation is 2. The Bertz CT molecular complexity index is 993. The SMILES string of the molecule is Cc1cnc(Nc2cnn(C)c2)nc1N1CC(CC#N)(N2CCN3CC(F)C[C@H]3C2)C1. The Morgan fingerprint density at radius 2 is 2.13 bits per heavy atom. The van der Waals surface area contributed by atoms with Crippen molar-refractivity contribution in [1.29, 1.82) is 5.26 Å². The predicted molar refractivity (Wildman–Crippen MR) is 115 cm³/mol. The van der Waals surface area contributed by atoms with Gasteiger partial charge in [0.15, 0.2) is 0 Å². The zero-order chi connectivity index (χ0) is 21.6. The second-order valence-electron chi connectivity index (χ2n) is 9.07. The summed E-state index contributed by atoms with van der Waals surface area (Å²) in [6.45, 7) is 6.66. The zero-order valence-corrected chi connectivity index (χ0v) is 18.0. The van der Waals surface area contributed by atoms with Gasteiger partial charge in [-0.3, -0.25) is 14.5 Å². The lowest BCUT2D eigenvalue weighted by atomic mass is 9.83. The minimum atomic E-state index is -0.718. The molecule has 2 aromatic rings. The molecule has 31 heavy (non-hydrogen) atoms. The fraction of sp³-hybridized carbons (Fsp3) is 0.619. The van der Waals surface area contributed by atoms with E-state index in [1.807, 2.05) is 26.4 Å². The molecule has 2 aromatic heterocycles. The van der Waals surface area contributed by atoms with E-state index in [1.54, 1.807) is 10.9 Å².